The fourth-order valence-corrected chi connectivity index (χ4v) is 4.77. The number of carbonyl (C=O) groups is 2. The number of hydrogen-bond acceptors (Lipinski definition) is 5. The predicted molar refractivity (Wildman–Crippen MR) is 126 cm³/mol. The smallest absolute Gasteiger partial charge is 0.348 e. The molecule has 4 aromatic rings. The van der Waals surface area contributed by atoms with Crippen LogP contribution in [0.4, 0.5) is 5.69 Å². The summed E-state index contributed by atoms with van der Waals surface area (Å²) in [4.78, 5) is 26.0. The van der Waals surface area contributed by atoms with Crippen molar-refractivity contribution in [1.82, 2.24) is 9.78 Å². The standard InChI is InChI=1S/C22H18IN3O3S/c1-13-10-15(23)8-9-18(13)24-20(27)12-29-22(28)19-11-17-14(2)25-26(21(17)30-19)16-6-4-3-5-7-16/h3-11H,12H2,1-2H3,(H,24,27). The van der Waals surface area contributed by atoms with Gasteiger partial charge >= 0.3 is 5.97 Å². The molecule has 0 radical (unpaired) electrons. The molecule has 0 spiro atoms. The molecular weight excluding hydrogens is 513 g/mol. The van der Waals surface area contributed by atoms with Gasteiger partial charge in [0.15, 0.2) is 6.61 Å². The van der Waals surface area contributed by atoms with Crippen molar-refractivity contribution in [3.05, 3.63) is 74.3 Å². The average Bonchev–Trinajstić information content (AvgIpc) is 3.30. The molecule has 1 N–H and O–H groups in total. The van der Waals surface area contributed by atoms with E-state index >= 15 is 0 Å². The van der Waals surface area contributed by atoms with Crippen LogP contribution in [0.25, 0.3) is 15.9 Å². The monoisotopic (exact) mass is 531 g/mol. The molecule has 0 fully saturated rings. The predicted octanol–water partition coefficient (Wildman–Crippen LogP) is 5.10. The molecule has 1 amide bonds. The van der Waals surface area contributed by atoms with Gasteiger partial charge in [0.1, 0.15) is 9.71 Å². The van der Waals surface area contributed by atoms with Gasteiger partial charge in [-0.2, -0.15) is 5.10 Å². The number of halogens is 1. The first-order chi connectivity index (χ1) is 14.4. The van der Waals surface area contributed by atoms with Crippen molar-refractivity contribution in [3.8, 4) is 5.69 Å². The van der Waals surface area contributed by atoms with Crippen LogP contribution in [0.5, 0.6) is 0 Å². The number of hydrogen-bond donors (Lipinski definition) is 1. The maximum absolute atomic E-state index is 12.5. The molecule has 0 atom stereocenters. The first-order valence-electron chi connectivity index (χ1n) is 9.20. The molecule has 2 aromatic heterocycles. The van der Waals surface area contributed by atoms with Crippen molar-refractivity contribution in [2.24, 2.45) is 0 Å². The van der Waals surface area contributed by atoms with Crippen molar-refractivity contribution in [2.75, 3.05) is 11.9 Å². The lowest BCUT2D eigenvalue weighted by atomic mass is 10.2. The maximum Gasteiger partial charge on any atom is 0.348 e. The van der Waals surface area contributed by atoms with E-state index in [0.29, 0.717) is 10.6 Å². The zero-order valence-electron chi connectivity index (χ0n) is 16.3. The Morgan fingerprint density at radius 1 is 1.13 bits per heavy atom. The molecule has 8 heteroatoms. The molecule has 2 aromatic carbocycles. The molecule has 2 heterocycles. The SMILES string of the molecule is Cc1cc(I)ccc1NC(=O)COC(=O)c1cc2c(C)nn(-c3ccccc3)c2s1. The van der Waals surface area contributed by atoms with Crippen LogP contribution in [0.3, 0.4) is 0 Å². The van der Waals surface area contributed by atoms with E-state index in [1.54, 1.807) is 6.07 Å². The van der Waals surface area contributed by atoms with Gasteiger partial charge in [0.25, 0.3) is 5.91 Å². The van der Waals surface area contributed by atoms with E-state index in [1.165, 1.54) is 11.3 Å². The van der Waals surface area contributed by atoms with Crippen molar-refractivity contribution >= 4 is 61.7 Å². The Bertz CT molecular complexity index is 1250. The molecule has 0 aliphatic heterocycles. The van der Waals surface area contributed by atoms with Gasteiger partial charge in [-0.1, -0.05) is 18.2 Å². The largest absolute Gasteiger partial charge is 0.451 e. The molecule has 0 aliphatic rings. The number of aromatic nitrogens is 2. The third-order valence-electron chi connectivity index (χ3n) is 4.54. The minimum atomic E-state index is -0.523. The van der Waals surface area contributed by atoms with Crippen molar-refractivity contribution in [1.29, 1.82) is 0 Å². The second-order valence-electron chi connectivity index (χ2n) is 6.75. The highest BCUT2D eigenvalue weighted by atomic mass is 127. The molecule has 30 heavy (non-hydrogen) atoms. The summed E-state index contributed by atoms with van der Waals surface area (Å²) in [6, 6.07) is 17.2. The van der Waals surface area contributed by atoms with E-state index in [1.807, 2.05) is 67.1 Å². The fraction of sp³-hybridized carbons (Fsp3) is 0.136. The number of nitrogens with zero attached hydrogens (tertiary/aromatic N) is 2. The van der Waals surface area contributed by atoms with Crippen molar-refractivity contribution in [2.45, 2.75) is 13.8 Å². The highest BCUT2D eigenvalue weighted by molar-refractivity contribution is 14.1. The van der Waals surface area contributed by atoms with Gasteiger partial charge in [-0.3, -0.25) is 4.79 Å². The van der Waals surface area contributed by atoms with Crippen LogP contribution in [0, 0.1) is 17.4 Å². The zero-order chi connectivity index (χ0) is 21.3. The summed E-state index contributed by atoms with van der Waals surface area (Å²) in [5.41, 5.74) is 3.41. The number of ether oxygens (including phenoxy) is 1. The molecule has 0 aliphatic carbocycles. The van der Waals surface area contributed by atoms with Crippen LogP contribution in [0.1, 0.15) is 20.9 Å². The van der Waals surface area contributed by atoms with Gasteiger partial charge in [-0.15, -0.1) is 11.3 Å². The summed E-state index contributed by atoms with van der Waals surface area (Å²) in [5, 5.41) is 8.24. The average molecular weight is 531 g/mol. The lowest BCUT2D eigenvalue weighted by Gasteiger charge is -2.09. The number of aryl methyl sites for hydroxylation is 2. The first-order valence-corrected chi connectivity index (χ1v) is 11.1. The minimum absolute atomic E-state index is 0.345. The molecular formula is C22H18IN3O3S. The van der Waals surface area contributed by atoms with E-state index in [0.717, 1.165) is 30.7 Å². The van der Waals surface area contributed by atoms with Crippen molar-refractivity contribution in [3.63, 3.8) is 0 Å². The number of fused-ring (bicyclic) bond motifs is 1. The van der Waals surface area contributed by atoms with E-state index in [2.05, 4.69) is 33.0 Å². The Balaban J connectivity index is 1.46. The van der Waals surface area contributed by atoms with Crippen LogP contribution >= 0.6 is 33.9 Å². The minimum Gasteiger partial charge on any atom is -0.451 e. The molecule has 0 saturated heterocycles. The van der Waals surface area contributed by atoms with Crippen LogP contribution in [0.2, 0.25) is 0 Å². The summed E-state index contributed by atoms with van der Waals surface area (Å²) >= 11 is 3.51. The number of thiophene rings is 1. The molecule has 4 rings (SSSR count). The Morgan fingerprint density at radius 3 is 2.63 bits per heavy atom. The van der Waals surface area contributed by atoms with E-state index < -0.39 is 5.97 Å². The van der Waals surface area contributed by atoms with E-state index in [4.69, 9.17) is 4.74 Å². The zero-order valence-corrected chi connectivity index (χ0v) is 19.3. The quantitative estimate of drug-likeness (QED) is 0.287. The molecule has 6 nitrogen and oxygen atoms in total. The maximum atomic E-state index is 12.5. The number of amides is 1. The van der Waals surface area contributed by atoms with Gasteiger partial charge in [0, 0.05) is 14.6 Å². The van der Waals surface area contributed by atoms with E-state index in [9.17, 15) is 9.59 Å². The van der Waals surface area contributed by atoms with Crippen LogP contribution in [-0.4, -0.2) is 28.3 Å². The number of carbonyl (C=O) groups excluding carboxylic acids is 2. The number of rotatable bonds is 5. The third kappa shape index (κ3) is 4.24. The van der Waals surface area contributed by atoms with Gasteiger partial charge in [-0.05, 0) is 78.4 Å². The summed E-state index contributed by atoms with van der Waals surface area (Å²) < 4.78 is 8.14. The Kier molecular flexibility index (Phi) is 5.87. The molecule has 0 unspecified atom stereocenters. The summed E-state index contributed by atoms with van der Waals surface area (Å²) in [6.07, 6.45) is 0. The van der Waals surface area contributed by atoms with E-state index in [-0.39, 0.29) is 12.5 Å². The van der Waals surface area contributed by atoms with Gasteiger partial charge in [0.05, 0.1) is 11.4 Å². The fourth-order valence-electron chi connectivity index (χ4n) is 3.05. The van der Waals surface area contributed by atoms with Crippen LogP contribution in [-0.2, 0) is 9.53 Å². The Morgan fingerprint density at radius 2 is 1.90 bits per heavy atom. The highest BCUT2D eigenvalue weighted by Crippen LogP contribution is 2.30. The number of nitrogens with one attached hydrogen (secondary N) is 1. The highest BCUT2D eigenvalue weighted by Gasteiger charge is 2.19. The van der Waals surface area contributed by atoms with Gasteiger partial charge in [-0.25, -0.2) is 9.48 Å². The lowest BCUT2D eigenvalue weighted by molar-refractivity contribution is -0.119. The number of esters is 1. The van der Waals surface area contributed by atoms with Gasteiger partial charge < -0.3 is 10.1 Å². The van der Waals surface area contributed by atoms with Gasteiger partial charge in [0.2, 0.25) is 0 Å². The molecule has 0 saturated carbocycles. The van der Waals surface area contributed by atoms with Crippen LogP contribution in [0.15, 0.2) is 54.6 Å². The second kappa shape index (κ2) is 8.57. The Hall–Kier alpha value is -2.72. The Labute approximate surface area is 191 Å². The van der Waals surface area contributed by atoms with Crippen molar-refractivity contribution < 1.29 is 14.3 Å². The van der Waals surface area contributed by atoms with Crippen LogP contribution < -0.4 is 5.32 Å². The molecule has 152 valence electrons. The summed E-state index contributed by atoms with van der Waals surface area (Å²) in [6.45, 7) is 3.47. The second-order valence-corrected chi connectivity index (χ2v) is 9.02. The first kappa shape index (κ1) is 20.5. The summed E-state index contributed by atoms with van der Waals surface area (Å²) in [5.74, 6) is -0.898. The number of anilines is 1. The topological polar surface area (TPSA) is 73.2 Å². The third-order valence-corrected chi connectivity index (χ3v) is 6.31. The summed E-state index contributed by atoms with van der Waals surface area (Å²) in [7, 11) is 0. The molecule has 0 bridgehead atoms. The lowest BCUT2D eigenvalue weighted by Crippen LogP contribution is -2.21. The number of para-hydroxylation sites is 1. The number of benzene rings is 2. The normalized spacial score (nSPS) is 10.9.